The smallest absolute Gasteiger partial charge is 0.261 e. The molecule has 0 saturated carbocycles. The van der Waals surface area contributed by atoms with Crippen LogP contribution >= 0.6 is 0 Å². The van der Waals surface area contributed by atoms with Gasteiger partial charge in [0.25, 0.3) is 10.0 Å². The Morgan fingerprint density at radius 2 is 1.79 bits per heavy atom. The molecule has 1 aliphatic rings. The molecule has 0 bridgehead atoms. The van der Waals surface area contributed by atoms with Crippen LogP contribution in [0.2, 0.25) is 0 Å². The lowest BCUT2D eigenvalue weighted by Crippen LogP contribution is -2.29. The molecule has 2 heterocycles. The molecule has 1 N–H and O–H groups in total. The largest absolute Gasteiger partial charge is 0.483 e. The van der Waals surface area contributed by atoms with Crippen LogP contribution in [-0.4, -0.2) is 19.0 Å². The molecule has 0 unspecified atom stereocenters. The van der Waals surface area contributed by atoms with Crippen molar-refractivity contribution in [2.24, 2.45) is 0 Å². The highest BCUT2D eigenvalue weighted by molar-refractivity contribution is 7.92. The third kappa shape index (κ3) is 3.64. The van der Waals surface area contributed by atoms with Gasteiger partial charge in [-0.25, -0.2) is 8.42 Å². The maximum absolute atomic E-state index is 12.7. The minimum absolute atomic E-state index is 0.216. The summed E-state index contributed by atoms with van der Waals surface area (Å²) in [6.45, 7) is 3.97. The Morgan fingerprint density at radius 3 is 2.50 bits per heavy atom. The summed E-state index contributed by atoms with van der Waals surface area (Å²) in [5.41, 5.74) is 2.72. The summed E-state index contributed by atoms with van der Waals surface area (Å²) >= 11 is 0. The van der Waals surface area contributed by atoms with Crippen molar-refractivity contribution in [2.75, 3.05) is 4.72 Å². The van der Waals surface area contributed by atoms with Crippen LogP contribution in [0.3, 0.4) is 0 Å². The van der Waals surface area contributed by atoms with Gasteiger partial charge in [-0.1, -0.05) is 24.3 Å². The number of aromatic nitrogens is 1. The number of hydrogen-bond acceptors (Lipinski definition) is 4. The van der Waals surface area contributed by atoms with Crippen molar-refractivity contribution >= 4 is 21.3 Å². The number of rotatable bonds is 4. The summed E-state index contributed by atoms with van der Waals surface area (Å²) in [6, 6.07) is 17.4. The lowest BCUT2D eigenvalue weighted by molar-refractivity contribution is 0.158. The fraction of sp³-hybridized carbons (Fsp3) is 0.136. The molecule has 4 rings (SSSR count). The van der Waals surface area contributed by atoms with Gasteiger partial charge in [-0.3, -0.25) is 9.71 Å². The van der Waals surface area contributed by atoms with Gasteiger partial charge in [0.1, 0.15) is 11.4 Å². The van der Waals surface area contributed by atoms with E-state index in [9.17, 15) is 8.42 Å². The topological polar surface area (TPSA) is 68.3 Å². The van der Waals surface area contributed by atoms with Crippen molar-refractivity contribution in [3.63, 3.8) is 0 Å². The molecule has 142 valence electrons. The second-order valence-corrected chi connectivity index (χ2v) is 8.82. The molecule has 28 heavy (non-hydrogen) atoms. The Hall–Kier alpha value is -3.12. The summed E-state index contributed by atoms with van der Waals surface area (Å²) in [6.07, 6.45) is 5.54. The lowest BCUT2D eigenvalue weighted by atomic mass is 9.90. The zero-order chi connectivity index (χ0) is 19.8. The van der Waals surface area contributed by atoms with Crippen molar-refractivity contribution < 1.29 is 13.2 Å². The van der Waals surface area contributed by atoms with E-state index in [1.54, 1.807) is 60.9 Å². The van der Waals surface area contributed by atoms with E-state index in [0.29, 0.717) is 11.4 Å². The number of benzene rings is 2. The molecule has 5 nitrogen and oxygen atoms in total. The van der Waals surface area contributed by atoms with E-state index in [4.69, 9.17) is 4.74 Å². The Bertz CT molecular complexity index is 1140. The van der Waals surface area contributed by atoms with Gasteiger partial charge in [0.15, 0.2) is 0 Å². The highest BCUT2D eigenvalue weighted by Gasteiger charge is 2.28. The summed E-state index contributed by atoms with van der Waals surface area (Å²) in [5, 5.41) is 0. The van der Waals surface area contributed by atoms with Gasteiger partial charge < -0.3 is 4.74 Å². The lowest BCUT2D eigenvalue weighted by Gasteiger charge is -2.31. The average molecular weight is 392 g/mol. The molecule has 0 aliphatic carbocycles. The zero-order valence-electron chi connectivity index (χ0n) is 15.6. The molecule has 1 aliphatic heterocycles. The number of nitrogens with one attached hydrogen (secondary N) is 1. The van der Waals surface area contributed by atoms with E-state index in [0.717, 1.165) is 16.7 Å². The van der Waals surface area contributed by atoms with E-state index in [-0.39, 0.29) is 4.90 Å². The van der Waals surface area contributed by atoms with Gasteiger partial charge in [0.05, 0.1) is 4.90 Å². The number of ether oxygens (including phenoxy) is 1. The van der Waals surface area contributed by atoms with Crippen LogP contribution in [0.5, 0.6) is 5.75 Å². The number of fused-ring (bicyclic) bond motifs is 1. The van der Waals surface area contributed by atoms with Crippen molar-refractivity contribution in [3.8, 4) is 5.75 Å². The molecule has 1 aromatic heterocycles. The molecule has 0 fully saturated rings. The Labute approximate surface area is 164 Å². The molecule has 0 saturated heterocycles. The van der Waals surface area contributed by atoms with Gasteiger partial charge >= 0.3 is 0 Å². The third-order valence-electron chi connectivity index (χ3n) is 4.41. The van der Waals surface area contributed by atoms with Gasteiger partial charge in [0, 0.05) is 29.2 Å². The number of sulfonamides is 1. The van der Waals surface area contributed by atoms with Crippen LogP contribution in [0.4, 0.5) is 5.69 Å². The van der Waals surface area contributed by atoms with Crippen LogP contribution < -0.4 is 9.46 Å². The van der Waals surface area contributed by atoms with Crippen molar-refractivity contribution in [1.82, 2.24) is 4.98 Å². The first-order valence-corrected chi connectivity index (χ1v) is 10.4. The standard InChI is InChI=1S/C22H20N2O3S/c1-22(2)14-20(16-7-6-12-23-15-16)19-13-17(10-11-21(19)27-22)24-28(25,26)18-8-4-3-5-9-18/h3-15,24H,1-2H3. The van der Waals surface area contributed by atoms with Crippen LogP contribution in [0.25, 0.3) is 5.57 Å². The van der Waals surface area contributed by atoms with Crippen LogP contribution in [0.1, 0.15) is 25.0 Å². The average Bonchev–Trinajstić information content (AvgIpc) is 2.68. The quantitative estimate of drug-likeness (QED) is 0.711. The van der Waals surface area contributed by atoms with E-state index in [2.05, 4.69) is 9.71 Å². The van der Waals surface area contributed by atoms with Gasteiger partial charge in [-0.05, 0) is 61.9 Å². The molecular formula is C22H20N2O3S. The third-order valence-corrected chi connectivity index (χ3v) is 5.81. The van der Waals surface area contributed by atoms with E-state index < -0.39 is 15.6 Å². The SMILES string of the molecule is CC1(C)C=C(c2cccnc2)c2cc(NS(=O)(=O)c3ccccc3)ccc2O1. The second kappa shape index (κ2) is 6.80. The van der Waals surface area contributed by atoms with Crippen molar-refractivity contribution in [2.45, 2.75) is 24.3 Å². The monoisotopic (exact) mass is 392 g/mol. The molecule has 6 heteroatoms. The fourth-order valence-electron chi connectivity index (χ4n) is 3.21. The summed E-state index contributed by atoms with van der Waals surface area (Å²) in [4.78, 5) is 4.42. The molecule has 0 atom stereocenters. The molecule has 2 aromatic carbocycles. The predicted octanol–water partition coefficient (Wildman–Crippen LogP) is 4.49. The number of pyridine rings is 1. The molecule has 0 spiro atoms. The Kier molecular flexibility index (Phi) is 4.43. The van der Waals surface area contributed by atoms with E-state index in [1.807, 2.05) is 32.1 Å². The van der Waals surface area contributed by atoms with E-state index in [1.165, 1.54) is 0 Å². The summed E-state index contributed by atoms with van der Waals surface area (Å²) in [5.74, 6) is 0.703. The molecule has 0 radical (unpaired) electrons. The van der Waals surface area contributed by atoms with Crippen LogP contribution in [0.15, 0.2) is 84.0 Å². The summed E-state index contributed by atoms with van der Waals surface area (Å²) < 4.78 is 34.0. The molecular weight excluding hydrogens is 372 g/mol. The Morgan fingerprint density at radius 1 is 1.00 bits per heavy atom. The fourth-order valence-corrected chi connectivity index (χ4v) is 4.28. The summed E-state index contributed by atoms with van der Waals surface area (Å²) in [7, 11) is -3.67. The zero-order valence-corrected chi connectivity index (χ0v) is 16.4. The maximum atomic E-state index is 12.7. The van der Waals surface area contributed by atoms with Crippen molar-refractivity contribution in [1.29, 1.82) is 0 Å². The van der Waals surface area contributed by atoms with Gasteiger partial charge in [0.2, 0.25) is 0 Å². The first-order valence-electron chi connectivity index (χ1n) is 8.89. The number of nitrogens with zero attached hydrogens (tertiary/aromatic N) is 1. The predicted molar refractivity (Wildman–Crippen MR) is 110 cm³/mol. The highest BCUT2D eigenvalue weighted by Crippen LogP contribution is 2.40. The van der Waals surface area contributed by atoms with Crippen molar-refractivity contribution in [3.05, 3.63) is 90.3 Å². The Balaban J connectivity index is 1.76. The minimum atomic E-state index is -3.67. The first-order chi connectivity index (χ1) is 13.3. The van der Waals surface area contributed by atoms with Crippen LogP contribution in [-0.2, 0) is 10.0 Å². The van der Waals surface area contributed by atoms with Gasteiger partial charge in [-0.15, -0.1) is 0 Å². The van der Waals surface area contributed by atoms with E-state index >= 15 is 0 Å². The molecule has 3 aromatic rings. The first kappa shape index (κ1) is 18.3. The van der Waals surface area contributed by atoms with Gasteiger partial charge in [-0.2, -0.15) is 0 Å². The number of anilines is 1. The second-order valence-electron chi connectivity index (χ2n) is 7.13. The van der Waals surface area contributed by atoms with Crippen LogP contribution in [0, 0.1) is 0 Å². The minimum Gasteiger partial charge on any atom is -0.483 e. The maximum Gasteiger partial charge on any atom is 0.261 e. The highest BCUT2D eigenvalue weighted by atomic mass is 32.2. The molecule has 0 amide bonds. The normalized spacial score (nSPS) is 15.1. The number of hydrogen-bond donors (Lipinski definition) is 1.